The Balaban J connectivity index is 5.31. The van der Waals surface area contributed by atoms with Crippen molar-refractivity contribution in [1.82, 2.24) is 16.0 Å². The monoisotopic (exact) mass is 466 g/mol. The summed E-state index contributed by atoms with van der Waals surface area (Å²) in [5.41, 5.74) is 5.45. The molecule has 0 aliphatic rings. The molecule has 0 aromatic rings. The lowest BCUT2D eigenvalue weighted by Crippen LogP contribution is -2.59. The Bertz CT molecular complexity index is 702. The van der Waals surface area contributed by atoms with Gasteiger partial charge in [-0.1, -0.05) is 0 Å². The summed E-state index contributed by atoms with van der Waals surface area (Å²) in [4.78, 5) is 69.5. The van der Waals surface area contributed by atoms with E-state index in [1.807, 2.05) is 5.32 Å². The first kappa shape index (κ1) is 28.1. The molecule has 3 amide bonds. The maximum Gasteiger partial charge on any atom is 0.326 e. The molecular weight excluding hydrogens is 440 g/mol. The van der Waals surface area contributed by atoms with E-state index in [4.69, 9.17) is 21.1 Å². The van der Waals surface area contributed by atoms with Gasteiger partial charge in [-0.3, -0.25) is 24.0 Å². The highest BCUT2D eigenvalue weighted by molar-refractivity contribution is 7.80. The van der Waals surface area contributed by atoms with Gasteiger partial charge in [-0.05, 0) is 13.3 Å². The number of aliphatic hydroxyl groups is 1. The van der Waals surface area contributed by atoms with E-state index in [9.17, 15) is 33.9 Å². The van der Waals surface area contributed by atoms with Crippen LogP contribution in [-0.2, 0) is 28.8 Å². The summed E-state index contributed by atoms with van der Waals surface area (Å²) in [6.45, 7) is 1.25. The number of hydrogen-bond acceptors (Lipinski definition) is 9. The first-order chi connectivity index (χ1) is 14.3. The molecule has 0 heterocycles. The minimum atomic E-state index is -1.73. The van der Waals surface area contributed by atoms with Crippen LogP contribution in [-0.4, -0.2) is 92.1 Å². The Hall–Kier alpha value is -2.91. The van der Waals surface area contributed by atoms with Crippen LogP contribution in [0.1, 0.15) is 26.2 Å². The summed E-state index contributed by atoms with van der Waals surface area (Å²) in [6, 6.07) is -6.09. The van der Waals surface area contributed by atoms with Gasteiger partial charge in [0.2, 0.25) is 17.7 Å². The zero-order valence-corrected chi connectivity index (χ0v) is 17.4. The fraction of sp³-hybridized carbons (Fsp3) is 0.625. The fourth-order valence-corrected chi connectivity index (χ4v) is 2.39. The molecule has 0 aliphatic heterocycles. The Morgan fingerprint density at radius 3 is 1.74 bits per heavy atom. The van der Waals surface area contributed by atoms with Gasteiger partial charge in [0.1, 0.15) is 24.2 Å². The predicted octanol–water partition coefficient (Wildman–Crippen LogP) is -3.50. The lowest BCUT2D eigenvalue weighted by Gasteiger charge is -2.24. The van der Waals surface area contributed by atoms with E-state index < -0.39 is 85.2 Å². The summed E-state index contributed by atoms with van der Waals surface area (Å²) in [6.07, 6.45) is -3.21. The van der Waals surface area contributed by atoms with Crippen LogP contribution >= 0.6 is 12.6 Å². The summed E-state index contributed by atoms with van der Waals surface area (Å²) < 4.78 is 0. The molecule has 0 rings (SSSR count). The SMILES string of the molecule is CC(O)C(N)C(=O)NC(CS)C(=O)NC(CC(=O)O)C(=O)NC(CCC(=O)O)C(=O)O. The van der Waals surface area contributed by atoms with E-state index >= 15 is 0 Å². The molecule has 0 radical (unpaired) electrons. The fourth-order valence-electron chi connectivity index (χ4n) is 2.13. The molecule has 0 aliphatic carbocycles. The van der Waals surface area contributed by atoms with Crippen LogP contribution in [0.5, 0.6) is 0 Å². The molecule has 31 heavy (non-hydrogen) atoms. The number of aliphatic carboxylic acids is 3. The normalized spacial score (nSPS) is 15.5. The van der Waals surface area contributed by atoms with Gasteiger partial charge in [-0.2, -0.15) is 12.6 Å². The van der Waals surface area contributed by atoms with Crippen LogP contribution in [0, 0.1) is 0 Å². The van der Waals surface area contributed by atoms with Gasteiger partial charge in [-0.15, -0.1) is 0 Å². The minimum absolute atomic E-state index is 0.276. The molecule has 176 valence electrons. The standard InChI is InChI=1S/C16H26N4O10S/c1-6(21)12(17)15(28)20-9(5-31)14(27)19-8(4-11(24)25)13(26)18-7(16(29)30)2-3-10(22)23/h6-9,12,21,31H,2-5,17H2,1H3,(H,18,26)(H,19,27)(H,20,28)(H,22,23)(H,24,25)(H,29,30). The quantitative estimate of drug-likeness (QED) is 0.114. The third-order valence-corrected chi connectivity index (χ3v) is 4.28. The average molecular weight is 466 g/mol. The smallest absolute Gasteiger partial charge is 0.326 e. The molecule has 0 saturated carbocycles. The lowest BCUT2D eigenvalue weighted by atomic mass is 10.1. The van der Waals surface area contributed by atoms with E-state index in [1.54, 1.807) is 0 Å². The van der Waals surface area contributed by atoms with Crippen LogP contribution in [0.15, 0.2) is 0 Å². The van der Waals surface area contributed by atoms with Crippen LogP contribution in [0.4, 0.5) is 0 Å². The zero-order chi connectivity index (χ0) is 24.3. The highest BCUT2D eigenvalue weighted by Gasteiger charge is 2.31. The number of carboxylic acids is 3. The van der Waals surface area contributed by atoms with Gasteiger partial charge in [0.15, 0.2) is 0 Å². The van der Waals surface area contributed by atoms with Crippen molar-refractivity contribution in [3.63, 3.8) is 0 Å². The van der Waals surface area contributed by atoms with Gasteiger partial charge >= 0.3 is 17.9 Å². The molecule has 5 atom stereocenters. The lowest BCUT2D eigenvalue weighted by molar-refractivity contribution is -0.144. The molecule has 14 nitrogen and oxygen atoms in total. The number of amides is 3. The molecule has 0 spiro atoms. The van der Waals surface area contributed by atoms with E-state index in [1.165, 1.54) is 6.92 Å². The number of thiol groups is 1. The molecule has 0 aromatic carbocycles. The number of nitrogens with one attached hydrogen (secondary N) is 3. The second kappa shape index (κ2) is 13.4. The average Bonchev–Trinajstić information content (AvgIpc) is 2.66. The topological polar surface area (TPSA) is 245 Å². The van der Waals surface area contributed by atoms with Crippen molar-refractivity contribution in [2.45, 2.75) is 56.5 Å². The largest absolute Gasteiger partial charge is 0.481 e. The Morgan fingerprint density at radius 1 is 0.839 bits per heavy atom. The van der Waals surface area contributed by atoms with E-state index in [0.717, 1.165) is 0 Å². The molecule has 5 unspecified atom stereocenters. The van der Waals surface area contributed by atoms with Crippen molar-refractivity contribution in [3.05, 3.63) is 0 Å². The van der Waals surface area contributed by atoms with Gasteiger partial charge < -0.3 is 42.1 Å². The predicted molar refractivity (Wildman–Crippen MR) is 106 cm³/mol. The molecular formula is C16H26N4O10S. The van der Waals surface area contributed by atoms with Crippen molar-refractivity contribution >= 4 is 48.3 Å². The number of carboxylic acid groups (broad SMARTS) is 3. The number of rotatable bonds is 14. The number of aliphatic hydroxyl groups excluding tert-OH is 1. The second-order valence-electron chi connectivity index (χ2n) is 6.50. The number of carbonyl (C=O) groups is 6. The number of nitrogens with two attached hydrogens (primary N) is 1. The third kappa shape index (κ3) is 10.6. The molecule has 15 heteroatoms. The second-order valence-corrected chi connectivity index (χ2v) is 6.87. The maximum absolute atomic E-state index is 12.4. The summed E-state index contributed by atoms with van der Waals surface area (Å²) in [5, 5.41) is 42.3. The molecule has 0 fully saturated rings. The molecule has 9 N–H and O–H groups in total. The van der Waals surface area contributed by atoms with Gasteiger partial charge in [-0.25, -0.2) is 4.79 Å². The maximum atomic E-state index is 12.4. The highest BCUT2D eigenvalue weighted by Crippen LogP contribution is 2.02. The van der Waals surface area contributed by atoms with E-state index in [0.29, 0.717) is 0 Å². The zero-order valence-electron chi connectivity index (χ0n) is 16.5. The van der Waals surface area contributed by atoms with Crippen molar-refractivity contribution < 1.29 is 49.2 Å². The van der Waals surface area contributed by atoms with Gasteiger partial charge in [0.25, 0.3) is 0 Å². The number of carbonyl (C=O) groups excluding carboxylic acids is 3. The molecule has 0 aromatic heterocycles. The van der Waals surface area contributed by atoms with Crippen LogP contribution in [0.3, 0.4) is 0 Å². The van der Waals surface area contributed by atoms with Crippen molar-refractivity contribution in [2.24, 2.45) is 5.73 Å². The third-order valence-electron chi connectivity index (χ3n) is 3.91. The van der Waals surface area contributed by atoms with Gasteiger partial charge in [0, 0.05) is 12.2 Å². The summed E-state index contributed by atoms with van der Waals surface area (Å²) >= 11 is 3.89. The molecule has 0 saturated heterocycles. The van der Waals surface area contributed by atoms with Crippen LogP contribution in [0.25, 0.3) is 0 Å². The first-order valence-corrected chi connectivity index (χ1v) is 9.55. The number of hydrogen-bond donors (Lipinski definition) is 9. The van der Waals surface area contributed by atoms with E-state index in [2.05, 4.69) is 23.3 Å². The summed E-state index contributed by atoms with van der Waals surface area (Å²) in [5.74, 6) is -7.73. The first-order valence-electron chi connectivity index (χ1n) is 8.92. The summed E-state index contributed by atoms with van der Waals surface area (Å²) in [7, 11) is 0. The Morgan fingerprint density at radius 2 is 1.32 bits per heavy atom. The van der Waals surface area contributed by atoms with Crippen molar-refractivity contribution in [3.8, 4) is 0 Å². The Labute approximate surface area is 182 Å². The van der Waals surface area contributed by atoms with Crippen LogP contribution < -0.4 is 21.7 Å². The van der Waals surface area contributed by atoms with Crippen LogP contribution in [0.2, 0.25) is 0 Å². The van der Waals surface area contributed by atoms with Crippen molar-refractivity contribution in [1.29, 1.82) is 0 Å². The Kier molecular flexibility index (Phi) is 12.1. The van der Waals surface area contributed by atoms with E-state index in [-0.39, 0.29) is 5.75 Å². The molecule has 0 bridgehead atoms. The minimum Gasteiger partial charge on any atom is -0.481 e. The van der Waals surface area contributed by atoms with Gasteiger partial charge in [0.05, 0.1) is 12.5 Å². The highest BCUT2D eigenvalue weighted by atomic mass is 32.1. The van der Waals surface area contributed by atoms with Crippen molar-refractivity contribution in [2.75, 3.05) is 5.75 Å².